The zero-order valence-electron chi connectivity index (χ0n) is 13.9. The monoisotopic (exact) mass is 352 g/mol. The standard InChI is InChI=1S/C18H19F3N2O2/c1-3-23(2)15-8-4-13(5-9-15)17(24)22-14-6-10-16(11-7-14)25-12-18(19,20)21/h4-11H,3,12H2,1-2H3,(H,22,24). The number of rotatable bonds is 6. The number of nitrogens with zero attached hydrogens (tertiary/aromatic N) is 1. The van der Waals surface area contributed by atoms with Crippen LogP contribution in [0.3, 0.4) is 0 Å². The first-order valence-electron chi connectivity index (χ1n) is 7.70. The number of carbonyl (C=O) groups is 1. The Bertz CT molecular complexity index is 698. The summed E-state index contributed by atoms with van der Waals surface area (Å²) in [5.74, 6) is -0.211. The smallest absolute Gasteiger partial charge is 0.422 e. The zero-order valence-corrected chi connectivity index (χ0v) is 13.9. The fraction of sp³-hybridized carbons (Fsp3) is 0.278. The summed E-state index contributed by atoms with van der Waals surface area (Å²) in [6.07, 6.45) is -4.38. The summed E-state index contributed by atoms with van der Waals surface area (Å²) in [6, 6.07) is 12.9. The third kappa shape index (κ3) is 5.70. The molecular weight excluding hydrogens is 333 g/mol. The number of hydrogen-bond donors (Lipinski definition) is 1. The summed E-state index contributed by atoms with van der Waals surface area (Å²) in [5, 5.41) is 2.69. The summed E-state index contributed by atoms with van der Waals surface area (Å²) in [4.78, 5) is 14.2. The predicted molar refractivity (Wildman–Crippen MR) is 91.3 cm³/mol. The highest BCUT2D eigenvalue weighted by molar-refractivity contribution is 6.04. The van der Waals surface area contributed by atoms with Crippen molar-refractivity contribution in [3.05, 3.63) is 54.1 Å². The van der Waals surface area contributed by atoms with Gasteiger partial charge in [0.1, 0.15) is 5.75 Å². The largest absolute Gasteiger partial charge is 0.484 e. The lowest BCUT2D eigenvalue weighted by molar-refractivity contribution is -0.153. The first-order chi connectivity index (χ1) is 11.8. The third-order valence-electron chi connectivity index (χ3n) is 3.56. The lowest BCUT2D eigenvalue weighted by Crippen LogP contribution is -2.19. The molecule has 2 rings (SSSR count). The Morgan fingerprint density at radius 2 is 1.68 bits per heavy atom. The summed E-state index contributed by atoms with van der Waals surface area (Å²) < 4.78 is 40.9. The van der Waals surface area contributed by atoms with Crippen LogP contribution in [0, 0.1) is 0 Å². The van der Waals surface area contributed by atoms with E-state index in [-0.39, 0.29) is 11.7 Å². The Hall–Kier alpha value is -2.70. The van der Waals surface area contributed by atoms with Crippen molar-refractivity contribution in [2.24, 2.45) is 0 Å². The van der Waals surface area contributed by atoms with Crippen LogP contribution >= 0.6 is 0 Å². The van der Waals surface area contributed by atoms with Crippen molar-refractivity contribution in [3.8, 4) is 5.75 Å². The van der Waals surface area contributed by atoms with Gasteiger partial charge in [0.2, 0.25) is 0 Å². The Morgan fingerprint density at radius 1 is 1.08 bits per heavy atom. The Balaban J connectivity index is 1.96. The van der Waals surface area contributed by atoms with E-state index in [4.69, 9.17) is 0 Å². The van der Waals surface area contributed by atoms with Gasteiger partial charge in [0.15, 0.2) is 6.61 Å². The summed E-state index contributed by atoms with van der Waals surface area (Å²) in [6.45, 7) is 1.54. The molecule has 0 fully saturated rings. The lowest BCUT2D eigenvalue weighted by atomic mass is 10.1. The second-order valence-corrected chi connectivity index (χ2v) is 5.44. The number of alkyl halides is 3. The molecule has 0 aliphatic rings. The molecule has 2 aromatic carbocycles. The molecule has 0 bridgehead atoms. The molecule has 0 unspecified atom stereocenters. The van der Waals surface area contributed by atoms with Crippen LogP contribution in [0.2, 0.25) is 0 Å². The van der Waals surface area contributed by atoms with Crippen LogP contribution in [0.15, 0.2) is 48.5 Å². The van der Waals surface area contributed by atoms with Gasteiger partial charge < -0.3 is 15.0 Å². The Kier molecular flexibility index (Phi) is 5.90. The minimum absolute atomic E-state index is 0.0854. The van der Waals surface area contributed by atoms with Crippen molar-refractivity contribution in [2.45, 2.75) is 13.1 Å². The van der Waals surface area contributed by atoms with Crippen molar-refractivity contribution >= 4 is 17.3 Å². The first-order valence-corrected chi connectivity index (χ1v) is 7.70. The molecule has 0 saturated heterocycles. The van der Waals surface area contributed by atoms with Gasteiger partial charge in [-0.3, -0.25) is 4.79 Å². The van der Waals surface area contributed by atoms with E-state index in [0.29, 0.717) is 11.3 Å². The van der Waals surface area contributed by atoms with E-state index in [2.05, 4.69) is 10.1 Å². The van der Waals surface area contributed by atoms with Gasteiger partial charge in [-0.2, -0.15) is 13.2 Å². The summed E-state index contributed by atoms with van der Waals surface area (Å²) in [7, 11) is 1.96. The van der Waals surface area contributed by atoms with Gasteiger partial charge in [-0.05, 0) is 55.5 Å². The molecule has 0 heterocycles. The fourth-order valence-corrected chi connectivity index (χ4v) is 2.05. The van der Waals surface area contributed by atoms with Crippen molar-refractivity contribution in [1.29, 1.82) is 0 Å². The molecule has 0 aromatic heterocycles. The van der Waals surface area contributed by atoms with Crippen LogP contribution < -0.4 is 15.0 Å². The van der Waals surface area contributed by atoms with Gasteiger partial charge in [-0.25, -0.2) is 0 Å². The highest BCUT2D eigenvalue weighted by Crippen LogP contribution is 2.21. The lowest BCUT2D eigenvalue weighted by Gasteiger charge is -2.16. The number of carbonyl (C=O) groups excluding carboxylic acids is 1. The van der Waals surface area contributed by atoms with E-state index in [1.807, 2.05) is 31.0 Å². The van der Waals surface area contributed by atoms with Crippen LogP contribution in [0.4, 0.5) is 24.5 Å². The topological polar surface area (TPSA) is 41.6 Å². The molecule has 0 saturated carbocycles. The van der Waals surface area contributed by atoms with E-state index in [9.17, 15) is 18.0 Å². The maximum Gasteiger partial charge on any atom is 0.422 e. The first kappa shape index (κ1) is 18.6. The molecule has 0 aliphatic carbocycles. The Morgan fingerprint density at radius 3 is 2.20 bits per heavy atom. The predicted octanol–water partition coefficient (Wildman–Crippen LogP) is 4.34. The second kappa shape index (κ2) is 7.92. The molecule has 1 N–H and O–H groups in total. The van der Waals surface area contributed by atoms with Crippen LogP contribution in [0.1, 0.15) is 17.3 Å². The van der Waals surface area contributed by atoms with Gasteiger partial charge in [0, 0.05) is 30.5 Å². The van der Waals surface area contributed by atoms with E-state index < -0.39 is 12.8 Å². The molecule has 0 spiro atoms. The fourth-order valence-electron chi connectivity index (χ4n) is 2.05. The number of benzene rings is 2. The number of halogens is 3. The quantitative estimate of drug-likeness (QED) is 0.841. The molecule has 0 aliphatic heterocycles. The maximum absolute atomic E-state index is 12.2. The molecule has 7 heteroatoms. The Labute approximate surface area is 144 Å². The highest BCUT2D eigenvalue weighted by atomic mass is 19.4. The molecular formula is C18H19F3N2O2. The SMILES string of the molecule is CCN(C)c1ccc(C(=O)Nc2ccc(OCC(F)(F)F)cc2)cc1. The number of anilines is 2. The number of amides is 1. The molecule has 0 radical (unpaired) electrons. The molecule has 4 nitrogen and oxygen atoms in total. The third-order valence-corrected chi connectivity index (χ3v) is 3.56. The van der Waals surface area contributed by atoms with E-state index in [0.717, 1.165) is 12.2 Å². The molecule has 0 atom stereocenters. The normalized spacial score (nSPS) is 11.1. The average molecular weight is 352 g/mol. The van der Waals surface area contributed by atoms with Crippen LogP contribution in [0.5, 0.6) is 5.75 Å². The van der Waals surface area contributed by atoms with Gasteiger partial charge in [-0.1, -0.05) is 0 Å². The van der Waals surface area contributed by atoms with Gasteiger partial charge >= 0.3 is 6.18 Å². The van der Waals surface area contributed by atoms with E-state index in [1.54, 1.807) is 12.1 Å². The minimum atomic E-state index is -4.38. The minimum Gasteiger partial charge on any atom is -0.484 e. The highest BCUT2D eigenvalue weighted by Gasteiger charge is 2.28. The van der Waals surface area contributed by atoms with Crippen LogP contribution in [-0.2, 0) is 0 Å². The molecule has 25 heavy (non-hydrogen) atoms. The van der Waals surface area contributed by atoms with Crippen molar-refractivity contribution in [2.75, 3.05) is 30.4 Å². The maximum atomic E-state index is 12.2. The number of hydrogen-bond acceptors (Lipinski definition) is 3. The number of nitrogens with one attached hydrogen (secondary N) is 1. The summed E-state index contributed by atoms with van der Waals surface area (Å²) in [5.41, 5.74) is 1.97. The van der Waals surface area contributed by atoms with Crippen molar-refractivity contribution < 1.29 is 22.7 Å². The van der Waals surface area contributed by atoms with E-state index in [1.165, 1.54) is 24.3 Å². The molecule has 2 aromatic rings. The zero-order chi connectivity index (χ0) is 18.4. The second-order valence-electron chi connectivity index (χ2n) is 5.44. The molecule has 1 amide bonds. The molecule has 134 valence electrons. The van der Waals surface area contributed by atoms with Gasteiger partial charge in [0.05, 0.1) is 0 Å². The van der Waals surface area contributed by atoms with Crippen molar-refractivity contribution in [1.82, 2.24) is 0 Å². The summed E-state index contributed by atoms with van der Waals surface area (Å²) >= 11 is 0. The van der Waals surface area contributed by atoms with Gasteiger partial charge in [-0.15, -0.1) is 0 Å². The van der Waals surface area contributed by atoms with E-state index >= 15 is 0 Å². The average Bonchev–Trinajstić information content (AvgIpc) is 2.60. The van der Waals surface area contributed by atoms with Crippen LogP contribution in [-0.4, -0.2) is 32.3 Å². The van der Waals surface area contributed by atoms with Crippen molar-refractivity contribution in [3.63, 3.8) is 0 Å². The van der Waals surface area contributed by atoms with Crippen LogP contribution in [0.25, 0.3) is 0 Å². The van der Waals surface area contributed by atoms with Gasteiger partial charge in [0.25, 0.3) is 5.91 Å². The number of ether oxygens (including phenoxy) is 1.